The van der Waals surface area contributed by atoms with Crippen molar-refractivity contribution >= 4 is 5.91 Å². The van der Waals surface area contributed by atoms with Gasteiger partial charge in [0, 0.05) is 41.6 Å². The Labute approximate surface area is 261 Å². The van der Waals surface area contributed by atoms with Gasteiger partial charge in [-0.25, -0.2) is 0 Å². The number of piperidine rings is 1. The number of benzene rings is 3. The standard InChI is InChI=1S/C38H42N2O4/c1-25(2)23-40(34(42)19-14-26-10-6-4-7-11-26)30-17-16-29-31-22-28-15-18-33(43-3)36-35(28)38(29,37(30)44-36)20-21-39(31)24-32(41)27-12-8-5-9-13-27/h4-13,15,18,25,29-32,37,41H,16-17,20-24H2,1-3H3/t29-,30+,31+,32?,37-,38-/m0/s1. The van der Waals surface area contributed by atoms with Crippen molar-refractivity contribution in [1.82, 2.24) is 9.80 Å². The Balaban J connectivity index is 1.25. The van der Waals surface area contributed by atoms with Crippen molar-refractivity contribution in [2.75, 3.05) is 26.7 Å². The fourth-order valence-electron chi connectivity index (χ4n) is 8.78. The molecule has 1 saturated heterocycles. The molecular weight excluding hydrogens is 548 g/mol. The molecule has 4 aliphatic rings. The summed E-state index contributed by atoms with van der Waals surface area (Å²) in [4.78, 5) is 18.5. The summed E-state index contributed by atoms with van der Waals surface area (Å²) in [5.74, 6) is 8.26. The van der Waals surface area contributed by atoms with Crippen LogP contribution in [0.15, 0.2) is 72.8 Å². The first kappa shape index (κ1) is 29.0. The van der Waals surface area contributed by atoms with Gasteiger partial charge in [-0.15, -0.1) is 0 Å². The molecule has 3 aromatic carbocycles. The summed E-state index contributed by atoms with van der Waals surface area (Å²) in [6.07, 6.45) is 3.00. The number of hydrogen-bond donors (Lipinski definition) is 1. The molecule has 1 saturated carbocycles. The number of likely N-dealkylation sites (tertiary alicyclic amines) is 1. The molecule has 6 heteroatoms. The Morgan fingerprint density at radius 1 is 1.09 bits per heavy atom. The first-order valence-electron chi connectivity index (χ1n) is 16.1. The van der Waals surface area contributed by atoms with Gasteiger partial charge in [0.1, 0.15) is 6.10 Å². The summed E-state index contributed by atoms with van der Waals surface area (Å²) in [5.41, 5.74) is 4.22. The lowest BCUT2D eigenvalue weighted by atomic mass is 9.51. The van der Waals surface area contributed by atoms with E-state index in [0.717, 1.165) is 54.9 Å². The average Bonchev–Trinajstić information content (AvgIpc) is 3.39. The van der Waals surface area contributed by atoms with Crippen LogP contribution in [0.1, 0.15) is 61.5 Å². The summed E-state index contributed by atoms with van der Waals surface area (Å²) in [6.45, 7) is 6.44. The number of β-amino-alcohol motifs (C(OH)–C–C–N with tert-alkyl or cyclic N) is 1. The molecule has 1 amide bonds. The molecule has 2 aliphatic carbocycles. The molecule has 1 spiro atoms. The molecule has 7 rings (SSSR count). The van der Waals surface area contributed by atoms with Crippen LogP contribution in [0, 0.1) is 23.7 Å². The summed E-state index contributed by atoms with van der Waals surface area (Å²) in [6, 6.07) is 24.2. The number of aliphatic hydroxyl groups excluding tert-OH is 1. The van der Waals surface area contributed by atoms with E-state index in [4.69, 9.17) is 9.47 Å². The molecule has 1 N–H and O–H groups in total. The molecule has 1 unspecified atom stereocenters. The zero-order chi connectivity index (χ0) is 30.4. The van der Waals surface area contributed by atoms with Crippen LogP contribution in [0.5, 0.6) is 11.5 Å². The molecular formula is C38H42N2O4. The lowest BCUT2D eigenvalue weighted by Gasteiger charge is -2.60. The van der Waals surface area contributed by atoms with Crippen molar-refractivity contribution < 1.29 is 19.4 Å². The van der Waals surface area contributed by atoms with Gasteiger partial charge in [0.15, 0.2) is 11.5 Å². The quantitative estimate of drug-likeness (QED) is 0.375. The Bertz CT molecular complexity index is 1580. The highest BCUT2D eigenvalue weighted by Gasteiger charge is 2.66. The topological polar surface area (TPSA) is 62.2 Å². The van der Waals surface area contributed by atoms with Gasteiger partial charge in [-0.2, -0.15) is 0 Å². The zero-order valence-electron chi connectivity index (χ0n) is 25.9. The number of carbonyl (C=O) groups excluding carboxylic acids is 1. The second kappa shape index (κ2) is 11.6. The van der Waals surface area contributed by atoms with Crippen molar-refractivity contribution in [3.05, 3.63) is 95.1 Å². The number of aliphatic hydroxyl groups is 1. The summed E-state index contributed by atoms with van der Waals surface area (Å²) >= 11 is 0. The second-order valence-electron chi connectivity index (χ2n) is 13.4. The molecule has 2 heterocycles. The normalized spacial score (nSPS) is 27.0. The summed E-state index contributed by atoms with van der Waals surface area (Å²) in [7, 11) is 1.71. The van der Waals surface area contributed by atoms with Gasteiger partial charge in [0.2, 0.25) is 0 Å². The summed E-state index contributed by atoms with van der Waals surface area (Å²) in [5, 5.41) is 11.2. The fraction of sp³-hybridized carbons (Fsp3) is 0.447. The predicted molar refractivity (Wildman–Crippen MR) is 171 cm³/mol. The van der Waals surface area contributed by atoms with E-state index in [-0.39, 0.29) is 23.5 Å². The van der Waals surface area contributed by atoms with Crippen molar-refractivity contribution in [2.45, 2.75) is 69.2 Å². The van der Waals surface area contributed by atoms with E-state index in [1.54, 1.807) is 7.11 Å². The molecule has 44 heavy (non-hydrogen) atoms. The van der Waals surface area contributed by atoms with E-state index >= 15 is 0 Å². The number of amides is 1. The molecule has 2 aliphatic heterocycles. The van der Waals surface area contributed by atoms with Crippen LogP contribution in [0.4, 0.5) is 0 Å². The van der Waals surface area contributed by atoms with Gasteiger partial charge in [0.05, 0.1) is 19.3 Å². The number of nitrogens with zero attached hydrogens (tertiary/aromatic N) is 2. The molecule has 0 radical (unpaired) electrons. The van der Waals surface area contributed by atoms with Gasteiger partial charge in [0.25, 0.3) is 5.91 Å². The number of rotatable bonds is 7. The van der Waals surface area contributed by atoms with E-state index in [1.165, 1.54) is 11.1 Å². The number of methoxy groups -OCH3 is 1. The monoisotopic (exact) mass is 590 g/mol. The van der Waals surface area contributed by atoms with E-state index < -0.39 is 6.10 Å². The Kier molecular flexibility index (Phi) is 7.64. The van der Waals surface area contributed by atoms with Crippen molar-refractivity contribution in [3.8, 4) is 23.3 Å². The SMILES string of the molecule is COc1ccc2c3c1O[C@H]1[C@H](N(CC(C)C)C(=O)C#Cc4ccccc4)CC[C@H]4[C@@H](C2)N(CC(O)c2ccccc2)CC[C@@]341. The van der Waals surface area contributed by atoms with E-state index in [9.17, 15) is 9.90 Å². The number of carbonyl (C=O) groups is 1. The van der Waals surface area contributed by atoms with Crippen LogP contribution >= 0.6 is 0 Å². The average molecular weight is 591 g/mol. The van der Waals surface area contributed by atoms with Crippen molar-refractivity contribution in [2.24, 2.45) is 11.8 Å². The van der Waals surface area contributed by atoms with Gasteiger partial charge >= 0.3 is 0 Å². The minimum atomic E-state index is -0.535. The van der Waals surface area contributed by atoms with Gasteiger partial charge in [-0.1, -0.05) is 74.4 Å². The maximum Gasteiger partial charge on any atom is 0.299 e. The first-order chi connectivity index (χ1) is 21.4. The highest BCUT2D eigenvalue weighted by Crippen LogP contribution is 2.64. The Morgan fingerprint density at radius 3 is 2.57 bits per heavy atom. The third-order valence-electron chi connectivity index (χ3n) is 10.5. The second-order valence-corrected chi connectivity index (χ2v) is 13.4. The highest BCUT2D eigenvalue weighted by molar-refractivity contribution is 5.94. The fourth-order valence-corrected chi connectivity index (χ4v) is 8.78. The Morgan fingerprint density at radius 2 is 1.84 bits per heavy atom. The summed E-state index contributed by atoms with van der Waals surface area (Å²) < 4.78 is 12.9. The zero-order valence-corrected chi connectivity index (χ0v) is 25.9. The number of hydrogen-bond acceptors (Lipinski definition) is 5. The van der Waals surface area contributed by atoms with E-state index in [0.29, 0.717) is 31.0 Å². The van der Waals surface area contributed by atoms with Gasteiger partial charge in [-0.3, -0.25) is 9.69 Å². The van der Waals surface area contributed by atoms with E-state index in [1.807, 2.05) is 71.6 Å². The highest BCUT2D eigenvalue weighted by atomic mass is 16.5. The number of ether oxygens (including phenoxy) is 2. The van der Waals surface area contributed by atoms with Crippen LogP contribution < -0.4 is 9.47 Å². The minimum absolute atomic E-state index is 0.0867. The Hall–Kier alpha value is -3.79. The third kappa shape index (κ3) is 4.78. The van der Waals surface area contributed by atoms with Gasteiger partial charge in [-0.05, 0) is 73.4 Å². The van der Waals surface area contributed by atoms with Crippen LogP contribution in [-0.2, 0) is 16.6 Å². The molecule has 2 bridgehead atoms. The largest absolute Gasteiger partial charge is 0.493 e. The lowest BCUT2D eigenvalue weighted by molar-refractivity contribution is -0.138. The first-order valence-corrected chi connectivity index (χ1v) is 16.1. The van der Waals surface area contributed by atoms with E-state index in [2.05, 4.69) is 36.7 Å². The smallest absolute Gasteiger partial charge is 0.299 e. The molecule has 228 valence electrons. The van der Waals surface area contributed by atoms with Crippen LogP contribution in [0.25, 0.3) is 0 Å². The maximum absolute atomic E-state index is 13.9. The van der Waals surface area contributed by atoms with Crippen LogP contribution in [-0.4, -0.2) is 65.7 Å². The molecule has 6 atom stereocenters. The molecule has 3 aromatic rings. The van der Waals surface area contributed by atoms with Crippen molar-refractivity contribution in [1.29, 1.82) is 0 Å². The predicted octanol–water partition coefficient (Wildman–Crippen LogP) is 5.37. The lowest BCUT2D eigenvalue weighted by Crippen LogP contribution is -2.69. The third-order valence-corrected chi connectivity index (χ3v) is 10.5. The maximum atomic E-state index is 13.9. The van der Waals surface area contributed by atoms with Crippen LogP contribution in [0.2, 0.25) is 0 Å². The molecule has 0 aromatic heterocycles. The molecule has 2 fully saturated rings. The molecule has 6 nitrogen and oxygen atoms in total. The van der Waals surface area contributed by atoms with Crippen molar-refractivity contribution in [3.63, 3.8) is 0 Å². The minimum Gasteiger partial charge on any atom is -0.493 e. The van der Waals surface area contributed by atoms with Crippen LogP contribution in [0.3, 0.4) is 0 Å². The van der Waals surface area contributed by atoms with Gasteiger partial charge < -0.3 is 19.5 Å².